The Morgan fingerprint density at radius 3 is 2.82 bits per heavy atom. The molecule has 0 saturated heterocycles. The van der Waals surface area contributed by atoms with Gasteiger partial charge in [-0.3, -0.25) is 15.1 Å². The van der Waals surface area contributed by atoms with Gasteiger partial charge >= 0.3 is 6.03 Å². The Kier molecular flexibility index (Phi) is 4.41. The lowest BCUT2D eigenvalue weighted by Gasteiger charge is -2.09. The van der Waals surface area contributed by atoms with E-state index in [9.17, 15) is 9.59 Å². The number of rotatable bonds is 4. The molecular weight excluding hydrogens is 226 g/mol. The van der Waals surface area contributed by atoms with Crippen LogP contribution in [0.5, 0.6) is 5.75 Å². The number of aryl methyl sites for hydroxylation is 1. The maximum absolute atomic E-state index is 11.1. The van der Waals surface area contributed by atoms with E-state index in [1.165, 1.54) is 0 Å². The zero-order valence-electron chi connectivity index (χ0n) is 9.27. The third-order valence-electron chi connectivity index (χ3n) is 1.84. The summed E-state index contributed by atoms with van der Waals surface area (Å²) in [6.07, 6.45) is 0. The summed E-state index contributed by atoms with van der Waals surface area (Å²) in [5.41, 5.74) is 5.81. The first kappa shape index (κ1) is 12.9. The largest absolute Gasteiger partial charge is 0.482 e. The normalized spacial score (nSPS) is 9.76. The Bertz CT molecular complexity index is 434. The van der Waals surface area contributed by atoms with Crippen LogP contribution in [0.2, 0.25) is 0 Å². The molecule has 4 N–H and O–H groups in total. The number of hydrogen-bond acceptors (Lipinski definition) is 5. The van der Waals surface area contributed by atoms with E-state index in [1.807, 2.05) is 5.32 Å². The minimum absolute atomic E-state index is 0.290. The highest BCUT2D eigenvalue weighted by atomic mass is 16.5. The minimum Gasteiger partial charge on any atom is -0.482 e. The maximum Gasteiger partial charge on any atom is 0.318 e. The second kappa shape index (κ2) is 5.80. The summed E-state index contributed by atoms with van der Waals surface area (Å²) in [6, 6.07) is 2.33. The van der Waals surface area contributed by atoms with Crippen molar-refractivity contribution >= 4 is 11.9 Å². The van der Waals surface area contributed by atoms with Gasteiger partial charge in [0.25, 0.3) is 5.91 Å². The van der Waals surface area contributed by atoms with Crippen molar-refractivity contribution in [2.24, 2.45) is 5.73 Å². The molecular formula is C10H13N3O4. The van der Waals surface area contributed by atoms with E-state index in [0.717, 1.165) is 5.69 Å². The summed E-state index contributed by atoms with van der Waals surface area (Å²) in [6.45, 7) is 1.10. The molecule has 0 aliphatic heterocycles. The number of nitrogens with zero attached hydrogens (tertiary/aromatic N) is 1. The SMILES string of the molecule is Cc1ccc(OCC(=O)NC(N)=O)c(CO)n1. The van der Waals surface area contributed by atoms with Gasteiger partial charge in [0.15, 0.2) is 6.61 Å². The Morgan fingerprint density at radius 2 is 2.24 bits per heavy atom. The van der Waals surface area contributed by atoms with E-state index in [-0.39, 0.29) is 19.0 Å². The third kappa shape index (κ3) is 4.07. The van der Waals surface area contributed by atoms with Gasteiger partial charge in [-0.15, -0.1) is 0 Å². The fourth-order valence-corrected chi connectivity index (χ4v) is 1.16. The number of urea groups is 1. The average molecular weight is 239 g/mol. The Morgan fingerprint density at radius 1 is 1.53 bits per heavy atom. The van der Waals surface area contributed by atoms with Crippen LogP contribution < -0.4 is 15.8 Å². The number of carbonyl (C=O) groups excluding carboxylic acids is 2. The Balaban J connectivity index is 2.63. The van der Waals surface area contributed by atoms with Gasteiger partial charge in [-0.1, -0.05) is 0 Å². The summed E-state index contributed by atoms with van der Waals surface area (Å²) in [5, 5.41) is 10.9. The van der Waals surface area contributed by atoms with E-state index in [0.29, 0.717) is 5.69 Å². The summed E-state index contributed by atoms with van der Waals surface area (Å²) in [7, 11) is 0. The Labute approximate surface area is 97.6 Å². The molecule has 7 nitrogen and oxygen atoms in total. The average Bonchev–Trinajstić information content (AvgIpc) is 2.26. The van der Waals surface area contributed by atoms with Gasteiger partial charge in [0.2, 0.25) is 0 Å². The first-order chi connectivity index (χ1) is 8.02. The number of carbonyl (C=O) groups is 2. The van der Waals surface area contributed by atoms with Crippen molar-refractivity contribution in [1.82, 2.24) is 10.3 Å². The monoisotopic (exact) mass is 239 g/mol. The van der Waals surface area contributed by atoms with Crippen molar-refractivity contribution in [3.63, 3.8) is 0 Å². The molecule has 1 rings (SSSR count). The molecule has 7 heteroatoms. The zero-order chi connectivity index (χ0) is 12.8. The molecule has 0 aliphatic carbocycles. The first-order valence-electron chi connectivity index (χ1n) is 4.82. The van der Waals surface area contributed by atoms with Crippen LogP contribution in [0.3, 0.4) is 0 Å². The molecule has 0 saturated carbocycles. The molecule has 0 atom stereocenters. The second-order valence-electron chi connectivity index (χ2n) is 3.26. The number of aromatic nitrogens is 1. The lowest BCUT2D eigenvalue weighted by atomic mass is 10.3. The van der Waals surface area contributed by atoms with Gasteiger partial charge in [0.05, 0.1) is 6.61 Å². The van der Waals surface area contributed by atoms with Crippen molar-refractivity contribution in [3.8, 4) is 5.75 Å². The standard InChI is InChI=1S/C10H13N3O4/c1-6-2-3-8(7(4-14)12-6)17-5-9(15)13-10(11)16/h2-3,14H,4-5H2,1H3,(H3,11,13,15,16). The summed E-state index contributed by atoms with van der Waals surface area (Å²) >= 11 is 0. The van der Waals surface area contributed by atoms with Crippen molar-refractivity contribution in [2.75, 3.05) is 6.61 Å². The van der Waals surface area contributed by atoms with Gasteiger partial charge in [-0.2, -0.15) is 0 Å². The van der Waals surface area contributed by atoms with Crippen molar-refractivity contribution < 1.29 is 19.4 Å². The van der Waals surface area contributed by atoms with Gasteiger partial charge < -0.3 is 15.6 Å². The number of nitrogens with two attached hydrogens (primary N) is 1. The summed E-state index contributed by atoms with van der Waals surface area (Å²) < 4.78 is 5.10. The molecule has 0 bridgehead atoms. The number of hydrogen-bond donors (Lipinski definition) is 3. The molecule has 0 fully saturated rings. The highest BCUT2D eigenvalue weighted by molar-refractivity contribution is 5.94. The number of primary amides is 1. The lowest BCUT2D eigenvalue weighted by molar-refractivity contribution is -0.121. The molecule has 1 aromatic heterocycles. The van der Waals surface area contributed by atoms with Crippen LogP contribution in [0.1, 0.15) is 11.4 Å². The molecule has 0 aliphatic rings. The third-order valence-corrected chi connectivity index (χ3v) is 1.84. The van der Waals surface area contributed by atoms with Gasteiger partial charge in [0, 0.05) is 5.69 Å². The molecule has 92 valence electrons. The lowest BCUT2D eigenvalue weighted by Crippen LogP contribution is -2.38. The number of nitrogens with one attached hydrogen (secondary N) is 1. The van der Waals surface area contributed by atoms with Crippen LogP contribution in [0.25, 0.3) is 0 Å². The molecule has 1 aromatic rings. The van der Waals surface area contributed by atoms with Crippen LogP contribution in [-0.4, -0.2) is 28.6 Å². The van der Waals surface area contributed by atoms with E-state index >= 15 is 0 Å². The fourth-order valence-electron chi connectivity index (χ4n) is 1.16. The van der Waals surface area contributed by atoms with E-state index in [2.05, 4.69) is 4.98 Å². The summed E-state index contributed by atoms with van der Waals surface area (Å²) in [5.74, 6) is -0.375. The number of pyridine rings is 1. The van der Waals surface area contributed by atoms with E-state index in [4.69, 9.17) is 15.6 Å². The number of amides is 3. The minimum atomic E-state index is -0.942. The first-order valence-corrected chi connectivity index (χ1v) is 4.82. The molecule has 0 radical (unpaired) electrons. The topological polar surface area (TPSA) is 115 Å². The highest BCUT2D eigenvalue weighted by Gasteiger charge is 2.09. The second-order valence-corrected chi connectivity index (χ2v) is 3.26. The predicted octanol–water partition coefficient (Wildman–Crippen LogP) is -0.544. The zero-order valence-corrected chi connectivity index (χ0v) is 9.27. The van der Waals surface area contributed by atoms with Crippen molar-refractivity contribution in [1.29, 1.82) is 0 Å². The van der Waals surface area contributed by atoms with Gasteiger partial charge in [-0.25, -0.2) is 4.79 Å². The quantitative estimate of drug-likeness (QED) is 0.652. The number of imide groups is 1. The molecule has 3 amide bonds. The predicted molar refractivity (Wildman–Crippen MR) is 58.1 cm³/mol. The Hall–Kier alpha value is -2.15. The smallest absolute Gasteiger partial charge is 0.318 e. The van der Waals surface area contributed by atoms with Crippen LogP contribution in [-0.2, 0) is 11.4 Å². The number of aliphatic hydroxyl groups excluding tert-OH is 1. The molecule has 0 unspecified atom stereocenters. The van der Waals surface area contributed by atoms with Crippen molar-refractivity contribution in [3.05, 3.63) is 23.5 Å². The molecule has 0 spiro atoms. The molecule has 17 heavy (non-hydrogen) atoms. The summed E-state index contributed by atoms with van der Waals surface area (Å²) in [4.78, 5) is 25.5. The van der Waals surface area contributed by atoms with E-state index < -0.39 is 11.9 Å². The van der Waals surface area contributed by atoms with Crippen LogP contribution in [0.15, 0.2) is 12.1 Å². The van der Waals surface area contributed by atoms with Crippen LogP contribution in [0.4, 0.5) is 4.79 Å². The van der Waals surface area contributed by atoms with Gasteiger partial charge in [-0.05, 0) is 19.1 Å². The number of ether oxygens (including phenoxy) is 1. The maximum atomic E-state index is 11.1. The van der Waals surface area contributed by atoms with Crippen molar-refractivity contribution in [2.45, 2.75) is 13.5 Å². The van der Waals surface area contributed by atoms with Crippen LogP contribution in [0, 0.1) is 6.92 Å². The fraction of sp³-hybridized carbons (Fsp3) is 0.300. The van der Waals surface area contributed by atoms with Gasteiger partial charge in [0.1, 0.15) is 11.4 Å². The molecule has 1 heterocycles. The van der Waals surface area contributed by atoms with Crippen LogP contribution >= 0.6 is 0 Å². The number of aliphatic hydroxyl groups is 1. The van der Waals surface area contributed by atoms with E-state index in [1.54, 1.807) is 19.1 Å². The highest BCUT2D eigenvalue weighted by Crippen LogP contribution is 2.16. The molecule has 0 aromatic carbocycles.